The highest BCUT2D eigenvalue weighted by molar-refractivity contribution is 7.80. The van der Waals surface area contributed by atoms with Crippen LogP contribution in [0.25, 0.3) is 0 Å². The van der Waals surface area contributed by atoms with Crippen molar-refractivity contribution in [2.24, 2.45) is 11.1 Å². The molecule has 2 heterocycles. The Balaban J connectivity index is 1.77. The smallest absolute Gasteiger partial charge is 0.139 e. The lowest BCUT2D eigenvalue weighted by atomic mass is 9.68. The molecule has 0 bridgehead atoms. The SMILES string of the molecule is Cc1ccc(C(N)=S)c(N2CCC3(CCCCC3)CC2)n1. The molecule has 0 atom stereocenters. The highest BCUT2D eigenvalue weighted by Gasteiger charge is 2.36. The van der Waals surface area contributed by atoms with E-state index in [1.54, 1.807) is 0 Å². The zero-order valence-corrected chi connectivity index (χ0v) is 13.7. The van der Waals surface area contributed by atoms with Gasteiger partial charge in [-0.2, -0.15) is 0 Å². The number of hydrogen-bond donors (Lipinski definition) is 1. The Morgan fingerprint density at radius 2 is 1.81 bits per heavy atom. The van der Waals surface area contributed by atoms with Gasteiger partial charge < -0.3 is 10.6 Å². The standard InChI is InChI=1S/C17H25N3S/c1-13-5-6-14(15(18)21)16(19-13)20-11-9-17(10-12-20)7-3-2-4-8-17/h5-6H,2-4,7-12H2,1H3,(H2,18,21). The van der Waals surface area contributed by atoms with Crippen molar-refractivity contribution < 1.29 is 0 Å². The lowest BCUT2D eigenvalue weighted by molar-refractivity contribution is 0.144. The average Bonchev–Trinajstić information content (AvgIpc) is 2.48. The number of anilines is 1. The fourth-order valence-corrected chi connectivity index (χ4v) is 4.13. The Morgan fingerprint density at radius 1 is 1.14 bits per heavy atom. The van der Waals surface area contributed by atoms with E-state index in [1.165, 1.54) is 44.9 Å². The molecular weight excluding hydrogens is 278 g/mol. The largest absolute Gasteiger partial charge is 0.389 e. The number of rotatable bonds is 2. The number of pyridine rings is 1. The van der Waals surface area contributed by atoms with Crippen LogP contribution in [-0.4, -0.2) is 23.1 Å². The van der Waals surface area contributed by atoms with Crippen LogP contribution in [0, 0.1) is 12.3 Å². The lowest BCUT2D eigenvalue weighted by Gasteiger charge is -2.45. The Morgan fingerprint density at radius 3 is 2.43 bits per heavy atom. The molecule has 3 rings (SSSR count). The average molecular weight is 303 g/mol. The van der Waals surface area contributed by atoms with Crippen molar-refractivity contribution in [3.63, 3.8) is 0 Å². The Labute approximate surface area is 132 Å². The molecule has 0 aromatic carbocycles. The van der Waals surface area contributed by atoms with Gasteiger partial charge in [-0.25, -0.2) is 4.98 Å². The van der Waals surface area contributed by atoms with Crippen molar-refractivity contribution in [3.05, 3.63) is 23.4 Å². The molecule has 0 unspecified atom stereocenters. The molecule has 1 aliphatic heterocycles. The van der Waals surface area contributed by atoms with E-state index in [2.05, 4.69) is 4.90 Å². The molecule has 2 N–H and O–H groups in total. The van der Waals surface area contributed by atoms with Crippen LogP contribution in [0.15, 0.2) is 12.1 Å². The van der Waals surface area contributed by atoms with Crippen molar-refractivity contribution in [1.82, 2.24) is 4.98 Å². The van der Waals surface area contributed by atoms with E-state index in [1.807, 2.05) is 19.1 Å². The van der Waals surface area contributed by atoms with Gasteiger partial charge in [-0.1, -0.05) is 31.5 Å². The normalized spacial score (nSPS) is 21.5. The number of hydrogen-bond acceptors (Lipinski definition) is 3. The highest BCUT2D eigenvalue weighted by Crippen LogP contribution is 2.45. The van der Waals surface area contributed by atoms with Crippen molar-refractivity contribution >= 4 is 23.0 Å². The van der Waals surface area contributed by atoms with E-state index < -0.39 is 0 Å². The maximum atomic E-state index is 5.87. The van der Waals surface area contributed by atoms with Gasteiger partial charge >= 0.3 is 0 Å². The van der Waals surface area contributed by atoms with Crippen LogP contribution in [0.3, 0.4) is 0 Å². The van der Waals surface area contributed by atoms with E-state index in [-0.39, 0.29) is 0 Å². The number of aryl methyl sites for hydroxylation is 1. The lowest BCUT2D eigenvalue weighted by Crippen LogP contribution is -2.42. The zero-order chi connectivity index (χ0) is 14.9. The predicted octanol–water partition coefficient (Wildman–Crippen LogP) is 3.57. The summed E-state index contributed by atoms with van der Waals surface area (Å²) in [6.45, 7) is 4.21. The predicted molar refractivity (Wildman–Crippen MR) is 91.8 cm³/mol. The molecule has 4 heteroatoms. The molecular formula is C17H25N3S. The van der Waals surface area contributed by atoms with Crippen LogP contribution in [0.4, 0.5) is 5.82 Å². The quantitative estimate of drug-likeness (QED) is 0.848. The first-order valence-corrected chi connectivity index (χ1v) is 8.53. The first-order chi connectivity index (χ1) is 10.1. The first kappa shape index (κ1) is 14.8. The summed E-state index contributed by atoms with van der Waals surface area (Å²) < 4.78 is 0. The monoisotopic (exact) mass is 303 g/mol. The van der Waals surface area contributed by atoms with Gasteiger partial charge in [0.1, 0.15) is 10.8 Å². The van der Waals surface area contributed by atoms with Gasteiger partial charge in [0, 0.05) is 18.8 Å². The van der Waals surface area contributed by atoms with Gasteiger partial charge in [0.05, 0.1) is 5.56 Å². The maximum Gasteiger partial charge on any atom is 0.139 e. The van der Waals surface area contributed by atoms with Crippen LogP contribution in [0.2, 0.25) is 0 Å². The summed E-state index contributed by atoms with van der Waals surface area (Å²) in [5, 5.41) is 0. The molecule has 114 valence electrons. The maximum absolute atomic E-state index is 5.87. The minimum absolute atomic E-state index is 0.454. The molecule has 1 spiro atoms. The van der Waals surface area contributed by atoms with E-state index in [4.69, 9.17) is 22.9 Å². The Bertz CT molecular complexity index is 525. The second kappa shape index (κ2) is 5.91. The number of piperidine rings is 1. The fraction of sp³-hybridized carbons (Fsp3) is 0.647. The van der Waals surface area contributed by atoms with Crippen LogP contribution in [0.5, 0.6) is 0 Å². The van der Waals surface area contributed by atoms with Gasteiger partial charge in [-0.3, -0.25) is 0 Å². The summed E-state index contributed by atoms with van der Waals surface area (Å²) in [7, 11) is 0. The number of nitrogens with zero attached hydrogens (tertiary/aromatic N) is 2. The Kier molecular flexibility index (Phi) is 4.16. The Hall–Kier alpha value is -1.16. The van der Waals surface area contributed by atoms with Crippen LogP contribution in [0.1, 0.15) is 56.2 Å². The molecule has 21 heavy (non-hydrogen) atoms. The van der Waals surface area contributed by atoms with Gasteiger partial charge in [-0.05, 0) is 50.2 Å². The van der Waals surface area contributed by atoms with E-state index in [9.17, 15) is 0 Å². The molecule has 3 nitrogen and oxygen atoms in total. The third kappa shape index (κ3) is 3.05. The minimum Gasteiger partial charge on any atom is -0.389 e. The molecule has 1 aliphatic carbocycles. The van der Waals surface area contributed by atoms with Crippen molar-refractivity contribution in [2.45, 2.75) is 51.9 Å². The van der Waals surface area contributed by atoms with E-state index in [0.29, 0.717) is 10.4 Å². The van der Waals surface area contributed by atoms with E-state index in [0.717, 1.165) is 30.2 Å². The molecule has 0 amide bonds. The number of thiocarbonyl (C=S) groups is 1. The molecule has 1 aromatic rings. The van der Waals surface area contributed by atoms with Crippen LogP contribution >= 0.6 is 12.2 Å². The summed E-state index contributed by atoms with van der Waals surface area (Å²) in [6, 6.07) is 4.01. The minimum atomic E-state index is 0.454. The van der Waals surface area contributed by atoms with Gasteiger partial charge in [0.15, 0.2) is 0 Å². The summed E-state index contributed by atoms with van der Waals surface area (Å²) in [5.41, 5.74) is 8.44. The number of nitrogens with two attached hydrogens (primary N) is 1. The summed E-state index contributed by atoms with van der Waals surface area (Å²) in [5.74, 6) is 0.994. The molecule has 0 radical (unpaired) electrons. The van der Waals surface area contributed by atoms with Gasteiger partial charge in [0.25, 0.3) is 0 Å². The van der Waals surface area contributed by atoms with Crippen molar-refractivity contribution in [3.8, 4) is 0 Å². The van der Waals surface area contributed by atoms with Crippen LogP contribution < -0.4 is 10.6 Å². The van der Waals surface area contributed by atoms with Crippen molar-refractivity contribution in [2.75, 3.05) is 18.0 Å². The molecule has 1 saturated carbocycles. The third-order valence-corrected chi connectivity index (χ3v) is 5.54. The van der Waals surface area contributed by atoms with Gasteiger partial charge in [0.2, 0.25) is 0 Å². The molecule has 1 saturated heterocycles. The highest BCUT2D eigenvalue weighted by atomic mass is 32.1. The number of aromatic nitrogens is 1. The molecule has 1 aromatic heterocycles. The summed E-state index contributed by atoms with van der Waals surface area (Å²) in [4.78, 5) is 7.55. The molecule has 2 fully saturated rings. The third-order valence-electron chi connectivity index (χ3n) is 5.32. The first-order valence-electron chi connectivity index (χ1n) is 8.12. The summed E-state index contributed by atoms with van der Waals surface area (Å²) in [6.07, 6.45) is 9.69. The second-order valence-electron chi connectivity index (χ2n) is 6.74. The summed E-state index contributed by atoms with van der Waals surface area (Å²) >= 11 is 5.19. The van der Waals surface area contributed by atoms with Crippen LogP contribution in [-0.2, 0) is 0 Å². The topological polar surface area (TPSA) is 42.1 Å². The van der Waals surface area contributed by atoms with E-state index >= 15 is 0 Å². The second-order valence-corrected chi connectivity index (χ2v) is 7.18. The van der Waals surface area contributed by atoms with Crippen molar-refractivity contribution in [1.29, 1.82) is 0 Å². The fourth-order valence-electron chi connectivity index (χ4n) is 3.97. The molecule has 2 aliphatic rings. The zero-order valence-electron chi connectivity index (χ0n) is 12.9. The van der Waals surface area contributed by atoms with Gasteiger partial charge in [-0.15, -0.1) is 0 Å².